The highest BCUT2D eigenvalue weighted by atomic mass is 32.1. The minimum atomic E-state index is 0.896. The van der Waals surface area contributed by atoms with Crippen LogP contribution in [0.25, 0.3) is 0 Å². The van der Waals surface area contributed by atoms with E-state index in [1.165, 1.54) is 55.2 Å². The first kappa shape index (κ1) is 15.0. The zero-order valence-corrected chi connectivity index (χ0v) is 13.5. The Morgan fingerprint density at radius 3 is 2.63 bits per heavy atom. The first-order valence-electron chi connectivity index (χ1n) is 7.68. The van der Waals surface area contributed by atoms with Gasteiger partial charge in [0.15, 0.2) is 0 Å². The Labute approximate surface area is 122 Å². The summed E-state index contributed by atoms with van der Waals surface area (Å²) in [4.78, 5) is 5.62. The molecule has 0 atom stereocenters. The molecule has 2 nitrogen and oxygen atoms in total. The lowest BCUT2D eigenvalue weighted by molar-refractivity contribution is 0.199. The molecule has 0 saturated carbocycles. The highest BCUT2D eigenvalue weighted by Gasteiger charge is 2.17. The van der Waals surface area contributed by atoms with Crippen molar-refractivity contribution in [3.63, 3.8) is 0 Å². The van der Waals surface area contributed by atoms with Crippen molar-refractivity contribution in [3.05, 3.63) is 21.4 Å². The molecule has 1 aromatic rings. The average Bonchev–Trinajstić information content (AvgIpc) is 2.69. The predicted octanol–water partition coefficient (Wildman–Crippen LogP) is 3.58. The van der Waals surface area contributed by atoms with Crippen molar-refractivity contribution >= 4 is 11.3 Å². The largest absolute Gasteiger partial charge is 0.317 e. The maximum Gasteiger partial charge on any atom is 0.0244 e. The fraction of sp³-hybridized carbons (Fsp3) is 0.750. The van der Waals surface area contributed by atoms with E-state index >= 15 is 0 Å². The summed E-state index contributed by atoms with van der Waals surface area (Å²) in [7, 11) is 0. The molecular formula is C16H28N2S. The highest BCUT2D eigenvalue weighted by Crippen LogP contribution is 2.23. The molecule has 0 aliphatic carbocycles. The second kappa shape index (κ2) is 7.41. The molecule has 0 aromatic carbocycles. The molecule has 2 heterocycles. The summed E-state index contributed by atoms with van der Waals surface area (Å²) in [6.07, 6.45) is 3.96. The van der Waals surface area contributed by atoms with Crippen LogP contribution in [0.15, 0.2) is 6.07 Å². The van der Waals surface area contributed by atoms with Gasteiger partial charge in [0.05, 0.1) is 0 Å². The molecule has 3 heteroatoms. The Morgan fingerprint density at radius 1 is 1.32 bits per heavy atom. The van der Waals surface area contributed by atoms with Gasteiger partial charge in [0.1, 0.15) is 0 Å². The number of piperidine rings is 1. The first-order chi connectivity index (χ1) is 9.19. The van der Waals surface area contributed by atoms with Gasteiger partial charge in [-0.05, 0) is 70.3 Å². The van der Waals surface area contributed by atoms with Gasteiger partial charge in [-0.1, -0.05) is 6.92 Å². The molecule has 1 aliphatic heterocycles. The van der Waals surface area contributed by atoms with Gasteiger partial charge in [-0.25, -0.2) is 0 Å². The quantitative estimate of drug-likeness (QED) is 0.857. The van der Waals surface area contributed by atoms with Crippen molar-refractivity contribution in [1.29, 1.82) is 0 Å². The zero-order valence-electron chi connectivity index (χ0n) is 12.7. The fourth-order valence-corrected chi connectivity index (χ4v) is 4.00. The lowest BCUT2D eigenvalue weighted by Crippen LogP contribution is -2.36. The fourth-order valence-electron chi connectivity index (χ4n) is 3.06. The summed E-state index contributed by atoms with van der Waals surface area (Å²) >= 11 is 1.94. The number of aryl methyl sites for hydroxylation is 2. The van der Waals surface area contributed by atoms with Crippen LogP contribution >= 0.6 is 11.3 Å². The Hall–Kier alpha value is -0.380. The van der Waals surface area contributed by atoms with E-state index in [-0.39, 0.29) is 0 Å². The van der Waals surface area contributed by atoms with Crippen LogP contribution < -0.4 is 5.32 Å². The van der Waals surface area contributed by atoms with E-state index in [9.17, 15) is 0 Å². The third kappa shape index (κ3) is 4.59. The van der Waals surface area contributed by atoms with Crippen molar-refractivity contribution in [2.45, 2.75) is 46.6 Å². The number of nitrogens with zero attached hydrogens (tertiary/aromatic N) is 1. The molecular weight excluding hydrogens is 252 g/mol. The minimum Gasteiger partial charge on any atom is -0.317 e. The predicted molar refractivity (Wildman–Crippen MR) is 85.0 cm³/mol. The molecule has 1 N–H and O–H groups in total. The van der Waals surface area contributed by atoms with Crippen LogP contribution in [-0.2, 0) is 6.54 Å². The molecule has 1 aliphatic rings. The van der Waals surface area contributed by atoms with Gasteiger partial charge in [0.2, 0.25) is 0 Å². The first-order valence-corrected chi connectivity index (χ1v) is 8.49. The Kier molecular flexibility index (Phi) is 5.86. The van der Waals surface area contributed by atoms with Gasteiger partial charge in [0, 0.05) is 22.8 Å². The van der Waals surface area contributed by atoms with Crippen LogP contribution in [0.4, 0.5) is 0 Å². The minimum absolute atomic E-state index is 0.896. The molecule has 108 valence electrons. The van der Waals surface area contributed by atoms with Crippen LogP contribution in [0.1, 0.15) is 41.5 Å². The maximum atomic E-state index is 3.47. The van der Waals surface area contributed by atoms with E-state index in [2.05, 4.69) is 37.1 Å². The molecule has 0 bridgehead atoms. The van der Waals surface area contributed by atoms with E-state index in [0.29, 0.717) is 0 Å². The SMILES string of the molecule is CCCN(Cc1cc(C)sc1C)CC1CCNCC1. The van der Waals surface area contributed by atoms with E-state index < -0.39 is 0 Å². The van der Waals surface area contributed by atoms with Crippen molar-refractivity contribution in [2.75, 3.05) is 26.2 Å². The highest BCUT2D eigenvalue weighted by molar-refractivity contribution is 7.12. The monoisotopic (exact) mass is 280 g/mol. The van der Waals surface area contributed by atoms with E-state index in [1.807, 2.05) is 11.3 Å². The maximum absolute atomic E-state index is 3.47. The van der Waals surface area contributed by atoms with Crippen LogP contribution in [0, 0.1) is 19.8 Å². The van der Waals surface area contributed by atoms with Crippen molar-refractivity contribution in [2.24, 2.45) is 5.92 Å². The molecule has 2 rings (SSSR count). The molecule has 19 heavy (non-hydrogen) atoms. The third-order valence-corrected chi connectivity index (χ3v) is 5.06. The average molecular weight is 280 g/mol. The van der Waals surface area contributed by atoms with Crippen molar-refractivity contribution < 1.29 is 0 Å². The molecule has 0 unspecified atom stereocenters. The van der Waals surface area contributed by atoms with Crippen molar-refractivity contribution in [3.8, 4) is 0 Å². The molecule has 0 radical (unpaired) electrons. The second-order valence-corrected chi connectivity index (χ2v) is 7.33. The number of nitrogens with one attached hydrogen (secondary N) is 1. The number of hydrogen-bond donors (Lipinski definition) is 1. The Morgan fingerprint density at radius 2 is 2.05 bits per heavy atom. The summed E-state index contributed by atoms with van der Waals surface area (Å²) in [6, 6.07) is 2.38. The molecule has 1 saturated heterocycles. The van der Waals surface area contributed by atoms with Crippen LogP contribution in [0.3, 0.4) is 0 Å². The lowest BCUT2D eigenvalue weighted by Gasteiger charge is -2.30. The Bertz CT molecular complexity index is 380. The molecule has 1 aromatic heterocycles. The zero-order chi connectivity index (χ0) is 13.7. The van der Waals surface area contributed by atoms with Gasteiger partial charge >= 0.3 is 0 Å². The van der Waals surface area contributed by atoms with Crippen LogP contribution in [0.2, 0.25) is 0 Å². The van der Waals surface area contributed by atoms with E-state index in [4.69, 9.17) is 0 Å². The molecule has 0 spiro atoms. The topological polar surface area (TPSA) is 15.3 Å². The molecule has 1 fully saturated rings. The smallest absolute Gasteiger partial charge is 0.0244 e. The summed E-state index contributed by atoms with van der Waals surface area (Å²) in [5.74, 6) is 0.896. The lowest BCUT2D eigenvalue weighted by atomic mass is 9.97. The van der Waals surface area contributed by atoms with Gasteiger partial charge in [-0.3, -0.25) is 4.90 Å². The van der Waals surface area contributed by atoms with E-state index in [0.717, 1.165) is 12.5 Å². The summed E-state index contributed by atoms with van der Waals surface area (Å²) in [5, 5.41) is 3.47. The van der Waals surface area contributed by atoms with E-state index in [1.54, 1.807) is 5.56 Å². The summed E-state index contributed by atoms with van der Waals surface area (Å²) in [5.41, 5.74) is 1.55. The number of thiophene rings is 1. The molecule has 0 amide bonds. The van der Waals surface area contributed by atoms with Gasteiger partial charge in [-0.2, -0.15) is 0 Å². The van der Waals surface area contributed by atoms with Gasteiger partial charge < -0.3 is 5.32 Å². The number of hydrogen-bond acceptors (Lipinski definition) is 3. The number of rotatable bonds is 6. The summed E-state index contributed by atoms with van der Waals surface area (Å²) in [6.45, 7) is 12.9. The van der Waals surface area contributed by atoms with Crippen LogP contribution in [-0.4, -0.2) is 31.1 Å². The van der Waals surface area contributed by atoms with Crippen LogP contribution in [0.5, 0.6) is 0 Å². The van der Waals surface area contributed by atoms with Crippen molar-refractivity contribution in [1.82, 2.24) is 10.2 Å². The Balaban J connectivity index is 1.93. The third-order valence-electron chi connectivity index (χ3n) is 4.05. The second-order valence-electron chi connectivity index (χ2n) is 5.87. The standard InChI is InChI=1S/C16H28N2S/c1-4-9-18(11-15-5-7-17-8-6-15)12-16-10-13(2)19-14(16)3/h10,15,17H,4-9,11-12H2,1-3H3. The summed E-state index contributed by atoms with van der Waals surface area (Å²) < 4.78 is 0. The normalized spacial score (nSPS) is 17.3. The van der Waals surface area contributed by atoms with Gasteiger partial charge in [0.25, 0.3) is 0 Å². The van der Waals surface area contributed by atoms with Gasteiger partial charge in [-0.15, -0.1) is 11.3 Å².